The van der Waals surface area contributed by atoms with E-state index < -0.39 is 26.5 Å². The molecule has 72 valence electrons. The van der Waals surface area contributed by atoms with Crippen LogP contribution < -0.4 is 5.09 Å². The summed E-state index contributed by atoms with van der Waals surface area (Å²) < 4.78 is 10.9. The first kappa shape index (κ1) is 11.9. The Bertz CT molecular complexity index is 144. The predicted octanol–water partition coefficient (Wildman–Crippen LogP) is -2.02. The van der Waals surface area contributed by atoms with Gasteiger partial charge in [0.05, 0.1) is 19.8 Å². The third kappa shape index (κ3) is 4.06. The molecule has 0 rings (SSSR count). The number of rotatable bonds is 6. The van der Waals surface area contributed by atoms with E-state index >= 15 is 0 Å². The lowest BCUT2D eigenvalue weighted by atomic mass is 10.4. The second kappa shape index (κ2) is 6.42. The molecule has 6 nitrogen and oxygen atoms in total. The Balaban J connectivity index is 3.75. The molecule has 0 aromatic heterocycles. The third-order valence-electron chi connectivity index (χ3n) is 1.15. The topological polar surface area (TPSA) is 110 Å². The lowest BCUT2D eigenvalue weighted by Gasteiger charge is -2.04. The first-order valence-corrected chi connectivity index (χ1v) is 4.74. The summed E-state index contributed by atoms with van der Waals surface area (Å²) in [6.07, 6.45) is -1.42. The maximum atomic E-state index is 10.9. The predicted molar refractivity (Wildman–Crippen MR) is 41.8 cm³/mol. The van der Waals surface area contributed by atoms with E-state index in [1.54, 1.807) is 0 Å². The van der Waals surface area contributed by atoms with Gasteiger partial charge >= 0.3 is 7.95 Å². The monoisotopic (exact) mass is 198 g/mol. The summed E-state index contributed by atoms with van der Waals surface area (Å²) in [4.78, 5) is 0. The summed E-state index contributed by atoms with van der Waals surface area (Å²) in [6.45, 7) is -0.781. The molecule has 0 fully saturated rings. The van der Waals surface area contributed by atoms with Crippen molar-refractivity contribution in [3.63, 3.8) is 0 Å². The van der Waals surface area contributed by atoms with Gasteiger partial charge in [-0.05, 0) is 4.57 Å². The van der Waals surface area contributed by atoms with Gasteiger partial charge < -0.3 is 20.4 Å². The van der Waals surface area contributed by atoms with Crippen LogP contribution >= 0.6 is 7.95 Å². The van der Waals surface area contributed by atoms with Gasteiger partial charge in [-0.15, -0.1) is 5.09 Å². The SMILES string of the molecule is O=[P+](NCCO)C(O)C(O)CO. The van der Waals surface area contributed by atoms with Crippen molar-refractivity contribution in [1.82, 2.24) is 5.09 Å². The van der Waals surface area contributed by atoms with Gasteiger partial charge in [-0.25, -0.2) is 0 Å². The molecular formula is C5H13NO5P+. The van der Waals surface area contributed by atoms with Crippen molar-refractivity contribution in [3.05, 3.63) is 0 Å². The lowest BCUT2D eigenvalue weighted by molar-refractivity contribution is 0.0240. The highest BCUT2D eigenvalue weighted by Gasteiger charge is 2.34. The van der Waals surface area contributed by atoms with Gasteiger partial charge in [0.15, 0.2) is 6.10 Å². The van der Waals surface area contributed by atoms with Crippen LogP contribution in [0.3, 0.4) is 0 Å². The molecule has 0 aliphatic heterocycles. The van der Waals surface area contributed by atoms with Gasteiger partial charge in [-0.3, -0.25) is 0 Å². The molecule has 0 amide bonds. The molecular weight excluding hydrogens is 185 g/mol. The molecule has 7 heteroatoms. The molecule has 12 heavy (non-hydrogen) atoms. The second-order valence-electron chi connectivity index (χ2n) is 2.12. The van der Waals surface area contributed by atoms with Crippen LogP contribution in [0.5, 0.6) is 0 Å². The maximum absolute atomic E-state index is 10.9. The molecule has 0 spiro atoms. The summed E-state index contributed by atoms with van der Waals surface area (Å²) in [5.74, 6) is -1.50. The molecule has 3 unspecified atom stereocenters. The normalized spacial score (nSPS) is 17.2. The van der Waals surface area contributed by atoms with Gasteiger partial charge in [0.1, 0.15) is 0 Å². The van der Waals surface area contributed by atoms with E-state index in [2.05, 4.69) is 5.09 Å². The van der Waals surface area contributed by atoms with Crippen LogP contribution in [0.25, 0.3) is 0 Å². The van der Waals surface area contributed by atoms with Crippen molar-refractivity contribution >= 4 is 7.95 Å². The Morgan fingerprint density at radius 1 is 1.33 bits per heavy atom. The summed E-state index contributed by atoms with van der Waals surface area (Å²) in [6, 6.07) is 0. The molecule has 0 saturated heterocycles. The zero-order chi connectivity index (χ0) is 9.56. The number of aliphatic hydroxyl groups excluding tert-OH is 4. The van der Waals surface area contributed by atoms with E-state index in [1.807, 2.05) is 0 Å². The highest BCUT2D eigenvalue weighted by Crippen LogP contribution is 2.22. The van der Waals surface area contributed by atoms with Crippen molar-refractivity contribution in [2.24, 2.45) is 0 Å². The molecule has 0 aliphatic carbocycles. The maximum Gasteiger partial charge on any atom is 0.466 e. The first-order chi connectivity index (χ1) is 5.63. The molecule has 3 atom stereocenters. The van der Waals surface area contributed by atoms with Gasteiger partial charge in [0, 0.05) is 0 Å². The van der Waals surface area contributed by atoms with E-state index in [9.17, 15) is 4.57 Å². The standard InChI is InChI=1S/C5H13NO5P/c7-2-1-6-12(11)5(10)4(9)3-8/h4-5,7-10H,1-3H2,(H,6,11)/q+1. The van der Waals surface area contributed by atoms with Crippen molar-refractivity contribution in [3.8, 4) is 0 Å². The summed E-state index contributed by atoms with van der Waals surface area (Å²) in [7, 11) is -2.21. The average molecular weight is 198 g/mol. The van der Waals surface area contributed by atoms with Crippen LogP contribution in [0.1, 0.15) is 0 Å². The van der Waals surface area contributed by atoms with Crippen LogP contribution in [0.4, 0.5) is 0 Å². The minimum Gasteiger partial charge on any atom is -0.395 e. The fraction of sp³-hybridized carbons (Fsp3) is 1.00. The largest absolute Gasteiger partial charge is 0.466 e. The molecule has 0 aromatic carbocycles. The fourth-order valence-electron chi connectivity index (χ4n) is 0.504. The van der Waals surface area contributed by atoms with Gasteiger partial charge in [0.25, 0.3) is 5.85 Å². The molecule has 0 aromatic rings. The Morgan fingerprint density at radius 3 is 2.33 bits per heavy atom. The fourth-order valence-corrected chi connectivity index (χ4v) is 1.42. The molecule has 0 radical (unpaired) electrons. The minimum atomic E-state index is -2.21. The smallest absolute Gasteiger partial charge is 0.395 e. The minimum absolute atomic E-state index is 0.0738. The van der Waals surface area contributed by atoms with Crippen molar-refractivity contribution in [2.75, 3.05) is 19.8 Å². The van der Waals surface area contributed by atoms with Gasteiger partial charge in [-0.2, -0.15) is 0 Å². The number of hydrogen-bond donors (Lipinski definition) is 5. The zero-order valence-corrected chi connectivity index (χ0v) is 7.31. The molecule has 0 heterocycles. The Morgan fingerprint density at radius 2 is 1.92 bits per heavy atom. The Hall–Kier alpha value is -0.100. The van der Waals surface area contributed by atoms with Crippen molar-refractivity contribution in [2.45, 2.75) is 11.9 Å². The molecule has 5 N–H and O–H groups in total. The Labute approximate surface area is 70.7 Å². The second-order valence-corrected chi connectivity index (χ2v) is 3.62. The summed E-state index contributed by atoms with van der Waals surface area (Å²) >= 11 is 0. The molecule has 0 aliphatic rings. The third-order valence-corrected chi connectivity index (χ3v) is 2.51. The van der Waals surface area contributed by atoms with Crippen LogP contribution in [-0.2, 0) is 4.57 Å². The highest BCUT2D eigenvalue weighted by atomic mass is 31.1. The summed E-state index contributed by atoms with van der Waals surface area (Å²) in [5.41, 5.74) is 0. The first-order valence-electron chi connectivity index (χ1n) is 3.41. The molecule has 0 bridgehead atoms. The van der Waals surface area contributed by atoms with Crippen LogP contribution in [0, 0.1) is 0 Å². The van der Waals surface area contributed by atoms with Gasteiger partial charge in [-0.1, -0.05) is 0 Å². The number of hydrogen-bond acceptors (Lipinski definition) is 5. The van der Waals surface area contributed by atoms with Gasteiger partial charge in [0.2, 0.25) is 0 Å². The van der Waals surface area contributed by atoms with E-state index in [0.717, 1.165) is 0 Å². The van der Waals surface area contributed by atoms with Crippen molar-refractivity contribution < 1.29 is 25.0 Å². The zero-order valence-electron chi connectivity index (χ0n) is 6.42. The Kier molecular flexibility index (Phi) is 6.37. The van der Waals surface area contributed by atoms with Crippen LogP contribution in [0.2, 0.25) is 0 Å². The number of aliphatic hydroxyl groups is 4. The number of nitrogens with one attached hydrogen (secondary N) is 1. The molecule has 0 saturated carbocycles. The summed E-state index contributed by atoms with van der Waals surface area (Å²) in [5, 5.41) is 36.7. The van der Waals surface area contributed by atoms with Crippen LogP contribution in [0.15, 0.2) is 0 Å². The lowest BCUT2D eigenvalue weighted by Crippen LogP contribution is -2.29. The van der Waals surface area contributed by atoms with E-state index in [1.165, 1.54) is 0 Å². The highest BCUT2D eigenvalue weighted by molar-refractivity contribution is 7.43. The van der Waals surface area contributed by atoms with E-state index in [-0.39, 0.29) is 13.2 Å². The van der Waals surface area contributed by atoms with E-state index in [0.29, 0.717) is 0 Å². The average Bonchev–Trinajstić information content (AvgIpc) is 2.11. The van der Waals surface area contributed by atoms with E-state index in [4.69, 9.17) is 20.4 Å². The quantitative estimate of drug-likeness (QED) is 0.315. The van der Waals surface area contributed by atoms with Crippen molar-refractivity contribution in [1.29, 1.82) is 0 Å². The van der Waals surface area contributed by atoms with Crippen LogP contribution in [-0.4, -0.2) is 52.1 Å².